The van der Waals surface area contributed by atoms with Gasteiger partial charge in [0, 0.05) is 17.6 Å². The normalized spacial score (nSPS) is 12.4. The lowest BCUT2D eigenvalue weighted by molar-refractivity contribution is 0.616. The Kier molecular flexibility index (Phi) is 3.01. The second kappa shape index (κ2) is 4.96. The van der Waals surface area contributed by atoms with Crippen LogP contribution < -0.4 is 5.32 Å². The molecule has 0 aliphatic carbocycles. The lowest BCUT2D eigenvalue weighted by atomic mass is 10.2. The third-order valence-electron chi connectivity index (χ3n) is 3.09. The average molecular weight is 237 g/mol. The summed E-state index contributed by atoms with van der Waals surface area (Å²) in [5.74, 6) is 0. The molecule has 1 aromatic heterocycles. The highest BCUT2D eigenvalue weighted by atomic mass is 16.3. The molecule has 0 saturated heterocycles. The third-order valence-corrected chi connectivity index (χ3v) is 3.09. The molecule has 0 atom stereocenters. The third kappa shape index (κ3) is 2.23. The Morgan fingerprint density at radius 2 is 1.72 bits per heavy atom. The molecule has 0 amide bonds. The van der Waals surface area contributed by atoms with Gasteiger partial charge >= 0.3 is 0 Å². The van der Waals surface area contributed by atoms with Crippen molar-refractivity contribution in [2.45, 2.75) is 6.42 Å². The van der Waals surface area contributed by atoms with E-state index < -0.39 is 0 Å². The molecule has 0 radical (unpaired) electrons. The van der Waals surface area contributed by atoms with Gasteiger partial charge in [-0.15, -0.1) is 0 Å². The number of rotatable bonds is 0. The average Bonchev–Trinajstić information content (AvgIpc) is 3.08. The monoisotopic (exact) mass is 237 g/mol. The molecule has 2 heteroatoms. The molecule has 1 N–H and O–H groups in total. The summed E-state index contributed by atoms with van der Waals surface area (Å²) >= 11 is 0. The predicted molar refractivity (Wildman–Crippen MR) is 74.8 cm³/mol. The molecule has 1 aliphatic rings. The molecular formula is C16H15NO. The summed E-state index contributed by atoms with van der Waals surface area (Å²) < 4.78 is 5.12. The SMILES string of the molecule is c1ccc2c(c1)CCN2.c1ccc2occc2c1. The van der Waals surface area contributed by atoms with E-state index in [0.29, 0.717) is 0 Å². The molecule has 2 heterocycles. The van der Waals surface area contributed by atoms with Crippen molar-refractivity contribution in [3.63, 3.8) is 0 Å². The summed E-state index contributed by atoms with van der Waals surface area (Å²) in [5, 5.41) is 4.46. The van der Waals surface area contributed by atoms with Crippen molar-refractivity contribution in [1.29, 1.82) is 0 Å². The van der Waals surface area contributed by atoms with Gasteiger partial charge in [-0.3, -0.25) is 0 Å². The summed E-state index contributed by atoms with van der Waals surface area (Å²) in [6.07, 6.45) is 2.89. The van der Waals surface area contributed by atoms with Gasteiger partial charge in [0.25, 0.3) is 0 Å². The Bertz CT molecular complexity index is 589. The highest BCUT2D eigenvalue weighted by molar-refractivity contribution is 5.76. The van der Waals surface area contributed by atoms with E-state index in [1.165, 1.54) is 17.7 Å². The van der Waals surface area contributed by atoms with E-state index in [-0.39, 0.29) is 0 Å². The number of anilines is 1. The van der Waals surface area contributed by atoms with Gasteiger partial charge in [-0.05, 0) is 30.2 Å². The van der Waals surface area contributed by atoms with Crippen molar-refractivity contribution < 1.29 is 4.42 Å². The van der Waals surface area contributed by atoms with Crippen LogP contribution in [0.5, 0.6) is 0 Å². The van der Waals surface area contributed by atoms with Gasteiger partial charge in [0.05, 0.1) is 6.26 Å². The van der Waals surface area contributed by atoms with Crippen molar-refractivity contribution in [2.75, 3.05) is 11.9 Å². The zero-order valence-electron chi connectivity index (χ0n) is 10.1. The second-order valence-corrected chi connectivity index (χ2v) is 4.29. The van der Waals surface area contributed by atoms with Gasteiger partial charge < -0.3 is 9.73 Å². The van der Waals surface area contributed by atoms with Crippen LogP contribution in [0.25, 0.3) is 11.0 Å². The molecule has 18 heavy (non-hydrogen) atoms. The minimum absolute atomic E-state index is 0.956. The zero-order valence-corrected chi connectivity index (χ0v) is 10.1. The smallest absolute Gasteiger partial charge is 0.133 e. The first-order valence-electron chi connectivity index (χ1n) is 6.17. The first-order chi connectivity index (χ1) is 8.93. The maximum atomic E-state index is 5.12. The molecule has 0 saturated carbocycles. The molecule has 0 bridgehead atoms. The summed E-state index contributed by atoms with van der Waals surface area (Å²) in [4.78, 5) is 0. The fourth-order valence-corrected chi connectivity index (χ4v) is 2.15. The van der Waals surface area contributed by atoms with E-state index in [4.69, 9.17) is 4.42 Å². The number of furan rings is 1. The number of benzene rings is 2. The molecule has 0 fully saturated rings. The number of fused-ring (bicyclic) bond motifs is 2. The largest absolute Gasteiger partial charge is 0.464 e. The number of para-hydroxylation sites is 2. The van der Waals surface area contributed by atoms with Crippen molar-refractivity contribution in [3.8, 4) is 0 Å². The predicted octanol–water partition coefficient (Wildman–Crippen LogP) is 4.09. The van der Waals surface area contributed by atoms with Crippen LogP contribution in [0.15, 0.2) is 65.3 Å². The summed E-state index contributed by atoms with van der Waals surface area (Å²) in [6.45, 7) is 1.11. The van der Waals surface area contributed by atoms with E-state index in [2.05, 4.69) is 29.6 Å². The lowest BCUT2D eigenvalue weighted by Gasteiger charge is -1.94. The van der Waals surface area contributed by atoms with Gasteiger partial charge in [-0.1, -0.05) is 36.4 Å². The minimum atomic E-state index is 0.956. The van der Waals surface area contributed by atoms with Crippen LogP contribution in [0.4, 0.5) is 5.69 Å². The Morgan fingerprint density at radius 1 is 0.889 bits per heavy atom. The highest BCUT2D eigenvalue weighted by Gasteiger charge is 2.05. The quantitative estimate of drug-likeness (QED) is 0.637. The zero-order chi connectivity index (χ0) is 12.2. The molecule has 1 aliphatic heterocycles. The van der Waals surface area contributed by atoms with Gasteiger partial charge in [0.2, 0.25) is 0 Å². The highest BCUT2D eigenvalue weighted by Crippen LogP contribution is 2.19. The Labute approximate surface area is 106 Å². The molecule has 2 aromatic carbocycles. The minimum Gasteiger partial charge on any atom is -0.464 e. The lowest BCUT2D eigenvalue weighted by Crippen LogP contribution is -1.90. The van der Waals surface area contributed by atoms with Gasteiger partial charge in [0.15, 0.2) is 0 Å². The van der Waals surface area contributed by atoms with E-state index in [9.17, 15) is 0 Å². The van der Waals surface area contributed by atoms with E-state index >= 15 is 0 Å². The van der Waals surface area contributed by atoms with Crippen LogP contribution >= 0.6 is 0 Å². The second-order valence-electron chi connectivity index (χ2n) is 4.29. The van der Waals surface area contributed by atoms with Crippen molar-refractivity contribution in [3.05, 3.63) is 66.4 Å². The molecular weight excluding hydrogens is 222 g/mol. The molecule has 3 aromatic rings. The maximum Gasteiger partial charge on any atom is 0.133 e. The topological polar surface area (TPSA) is 25.2 Å². The first kappa shape index (κ1) is 10.9. The number of hydrogen-bond donors (Lipinski definition) is 1. The van der Waals surface area contributed by atoms with Gasteiger partial charge in [0.1, 0.15) is 5.58 Å². The number of hydrogen-bond acceptors (Lipinski definition) is 2. The first-order valence-corrected chi connectivity index (χ1v) is 6.17. The fraction of sp³-hybridized carbons (Fsp3) is 0.125. The summed E-state index contributed by atoms with van der Waals surface area (Å²) in [7, 11) is 0. The molecule has 0 spiro atoms. The molecule has 90 valence electrons. The van der Waals surface area contributed by atoms with Gasteiger partial charge in [-0.2, -0.15) is 0 Å². The fourth-order valence-electron chi connectivity index (χ4n) is 2.15. The van der Waals surface area contributed by atoms with Gasteiger partial charge in [-0.25, -0.2) is 0 Å². The van der Waals surface area contributed by atoms with Crippen LogP contribution in [-0.4, -0.2) is 6.54 Å². The van der Waals surface area contributed by atoms with E-state index in [1.54, 1.807) is 6.26 Å². The molecule has 0 unspecified atom stereocenters. The van der Waals surface area contributed by atoms with E-state index in [1.807, 2.05) is 30.3 Å². The molecule has 2 nitrogen and oxygen atoms in total. The standard InChI is InChI=1S/C8H9N.C8H6O/c2*1-2-4-8-7(3-1)5-6-9-8/h1-4,9H,5-6H2;1-6H. The summed E-state index contributed by atoms with van der Waals surface area (Å²) in [5.41, 5.74) is 3.73. The molecule has 4 rings (SSSR count). The van der Waals surface area contributed by atoms with Crippen molar-refractivity contribution in [1.82, 2.24) is 0 Å². The Hall–Kier alpha value is -2.22. The summed E-state index contributed by atoms with van der Waals surface area (Å²) in [6, 6.07) is 18.4. The van der Waals surface area contributed by atoms with Crippen LogP contribution in [0, 0.1) is 0 Å². The van der Waals surface area contributed by atoms with Crippen molar-refractivity contribution in [2.24, 2.45) is 0 Å². The maximum absolute atomic E-state index is 5.12. The van der Waals surface area contributed by atoms with Crippen molar-refractivity contribution >= 4 is 16.7 Å². The van der Waals surface area contributed by atoms with Crippen LogP contribution in [0.1, 0.15) is 5.56 Å². The van der Waals surface area contributed by atoms with Crippen LogP contribution in [0.3, 0.4) is 0 Å². The van der Waals surface area contributed by atoms with E-state index in [0.717, 1.165) is 17.5 Å². The van der Waals surface area contributed by atoms with Crippen LogP contribution in [0.2, 0.25) is 0 Å². The Balaban J connectivity index is 0.000000111. The Morgan fingerprint density at radius 3 is 2.61 bits per heavy atom. The number of nitrogens with one attached hydrogen (secondary N) is 1. The van der Waals surface area contributed by atoms with Crippen LogP contribution in [-0.2, 0) is 6.42 Å².